The minimum absolute atomic E-state index is 0.0762. The zero-order valence-electron chi connectivity index (χ0n) is 10.3. The minimum Gasteiger partial charge on any atom is -0.477 e. The van der Waals surface area contributed by atoms with E-state index in [1.165, 1.54) is 16.7 Å². The summed E-state index contributed by atoms with van der Waals surface area (Å²) < 4.78 is 0. The first-order valence-corrected chi connectivity index (χ1v) is 6.60. The third-order valence-corrected chi connectivity index (χ3v) is 3.92. The summed E-state index contributed by atoms with van der Waals surface area (Å²) in [5.74, 6) is -0.879. The monoisotopic (exact) mass is 270 g/mol. The smallest absolute Gasteiger partial charge is 0.352 e. The van der Waals surface area contributed by atoms with Gasteiger partial charge in [0.05, 0.1) is 0 Å². The quantitative estimate of drug-likeness (QED) is 0.612. The van der Waals surface area contributed by atoms with Crippen LogP contribution in [0.4, 0.5) is 0 Å². The van der Waals surface area contributed by atoms with E-state index in [1.807, 2.05) is 13.8 Å². The van der Waals surface area contributed by atoms with Crippen molar-refractivity contribution in [2.45, 2.75) is 32.2 Å². The summed E-state index contributed by atoms with van der Waals surface area (Å²) in [6, 6.07) is 0. The van der Waals surface area contributed by atoms with Gasteiger partial charge in [-0.15, -0.1) is 11.8 Å². The van der Waals surface area contributed by atoms with E-state index in [1.54, 1.807) is 6.92 Å². The van der Waals surface area contributed by atoms with Gasteiger partial charge in [-0.25, -0.2) is 4.79 Å². The van der Waals surface area contributed by atoms with E-state index in [-0.39, 0.29) is 23.1 Å². The Morgan fingerprint density at radius 3 is 2.83 bits per heavy atom. The fourth-order valence-electron chi connectivity index (χ4n) is 1.77. The first-order chi connectivity index (χ1) is 8.43. The Morgan fingerprint density at radius 2 is 2.28 bits per heavy atom. The van der Waals surface area contributed by atoms with Crippen LogP contribution in [0.2, 0.25) is 0 Å². The van der Waals surface area contributed by atoms with E-state index in [2.05, 4.69) is 5.16 Å². The van der Waals surface area contributed by atoms with Gasteiger partial charge in [0.1, 0.15) is 17.2 Å². The van der Waals surface area contributed by atoms with Crippen LogP contribution in [0.25, 0.3) is 0 Å². The molecular formula is C11H14N2O4S. The Kier molecular flexibility index (Phi) is 3.34. The van der Waals surface area contributed by atoms with Gasteiger partial charge < -0.3 is 9.94 Å². The fourth-order valence-corrected chi connectivity index (χ4v) is 2.97. The number of thioether (sulfide) groups is 1. The van der Waals surface area contributed by atoms with Gasteiger partial charge in [0, 0.05) is 5.75 Å². The van der Waals surface area contributed by atoms with Crippen LogP contribution in [0.1, 0.15) is 20.8 Å². The maximum absolute atomic E-state index is 11.9. The minimum atomic E-state index is -1.07. The molecule has 0 spiro atoms. The van der Waals surface area contributed by atoms with Crippen LogP contribution in [-0.4, -0.2) is 44.8 Å². The molecule has 2 heterocycles. The van der Waals surface area contributed by atoms with Crippen molar-refractivity contribution in [3.8, 4) is 0 Å². The van der Waals surface area contributed by atoms with Crippen molar-refractivity contribution < 1.29 is 19.5 Å². The third-order valence-electron chi connectivity index (χ3n) is 2.57. The number of carboxylic acids is 1. The van der Waals surface area contributed by atoms with Gasteiger partial charge in [0.15, 0.2) is 5.71 Å². The second kappa shape index (κ2) is 4.64. The number of carbonyl (C=O) groups is 2. The van der Waals surface area contributed by atoms with Gasteiger partial charge in [-0.05, 0) is 26.3 Å². The van der Waals surface area contributed by atoms with Crippen LogP contribution in [0.3, 0.4) is 0 Å². The van der Waals surface area contributed by atoms with Crippen molar-refractivity contribution in [3.63, 3.8) is 0 Å². The van der Waals surface area contributed by atoms with Crippen LogP contribution in [-0.2, 0) is 14.4 Å². The molecule has 1 atom stereocenters. The molecule has 0 saturated carbocycles. The summed E-state index contributed by atoms with van der Waals surface area (Å²) in [7, 11) is 0. The Hall–Kier alpha value is -1.50. The molecule has 0 unspecified atom stereocenters. The molecule has 0 aromatic carbocycles. The number of amides is 1. The highest BCUT2D eigenvalue weighted by Gasteiger charge is 2.51. The molecule has 2 aliphatic heterocycles. The Labute approximate surface area is 109 Å². The molecule has 1 amide bonds. The fraction of sp³-hybridized carbons (Fsp3) is 0.545. The molecule has 1 N–H and O–H groups in total. The average Bonchev–Trinajstić information content (AvgIpc) is 2.28. The van der Waals surface area contributed by atoms with Crippen LogP contribution in [0, 0.1) is 0 Å². The van der Waals surface area contributed by atoms with E-state index in [4.69, 9.17) is 9.94 Å². The number of β-lactam (4-membered cyclic amide) rings is 1. The molecule has 2 aliphatic rings. The highest BCUT2D eigenvalue weighted by Crippen LogP contribution is 2.38. The molecule has 0 bridgehead atoms. The first-order valence-electron chi connectivity index (χ1n) is 5.55. The van der Waals surface area contributed by atoms with E-state index in [0.29, 0.717) is 17.0 Å². The lowest BCUT2D eigenvalue weighted by Crippen LogP contribution is -2.62. The summed E-state index contributed by atoms with van der Waals surface area (Å²) in [5, 5.41) is 12.6. The van der Waals surface area contributed by atoms with Gasteiger partial charge in [-0.3, -0.25) is 9.69 Å². The van der Waals surface area contributed by atoms with Crippen molar-refractivity contribution in [2.75, 3.05) is 5.75 Å². The van der Waals surface area contributed by atoms with Gasteiger partial charge in [0.2, 0.25) is 0 Å². The first kappa shape index (κ1) is 12.9. The van der Waals surface area contributed by atoms with Gasteiger partial charge in [0.25, 0.3) is 5.91 Å². The van der Waals surface area contributed by atoms with Gasteiger partial charge in [-0.1, -0.05) is 5.16 Å². The molecule has 7 heteroatoms. The van der Waals surface area contributed by atoms with Crippen molar-refractivity contribution in [1.82, 2.24) is 4.90 Å². The maximum atomic E-state index is 11.9. The lowest BCUT2D eigenvalue weighted by atomic mass is 10.1. The van der Waals surface area contributed by atoms with E-state index >= 15 is 0 Å². The van der Waals surface area contributed by atoms with Crippen molar-refractivity contribution in [3.05, 3.63) is 11.3 Å². The maximum Gasteiger partial charge on any atom is 0.352 e. The summed E-state index contributed by atoms with van der Waals surface area (Å²) in [6.45, 7) is 5.34. The highest BCUT2D eigenvalue weighted by atomic mass is 32.2. The van der Waals surface area contributed by atoms with Crippen molar-refractivity contribution in [2.24, 2.45) is 5.16 Å². The summed E-state index contributed by atoms with van der Waals surface area (Å²) in [4.78, 5) is 29.3. The largest absolute Gasteiger partial charge is 0.477 e. The van der Waals surface area contributed by atoms with Crippen LogP contribution < -0.4 is 0 Å². The number of carbonyl (C=O) groups excluding carboxylic acids is 1. The molecule has 0 radical (unpaired) electrons. The summed E-state index contributed by atoms with van der Waals surface area (Å²) in [6.07, 6.45) is -0.107. The van der Waals surface area contributed by atoms with Crippen molar-refractivity contribution in [1.29, 1.82) is 0 Å². The normalized spacial score (nSPS) is 25.3. The highest BCUT2D eigenvalue weighted by molar-refractivity contribution is 8.01. The molecule has 1 fully saturated rings. The topological polar surface area (TPSA) is 79.2 Å². The van der Waals surface area contributed by atoms with Crippen LogP contribution >= 0.6 is 11.8 Å². The number of hydrogen-bond acceptors (Lipinski definition) is 5. The number of rotatable bonds is 3. The lowest BCUT2D eigenvalue weighted by molar-refractivity contribution is -0.139. The standard InChI is InChI=1S/C11H14N2O4S/c1-5(2)17-12-7-9(14)13-8(11(15)16)6(3)4-18-10(7)13/h5,10H,4H2,1-3H3,(H,15,16)/b12-7-/t10-/m1/s1. The van der Waals surface area contributed by atoms with E-state index in [9.17, 15) is 9.59 Å². The molecule has 0 aliphatic carbocycles. The Balaban J connectivity index is 2.23. The second-order valence-electron chi connectivity index (χ2n) is 4.40. The molecule has 18 heavy (non-hydrogen) atoms. The number of fused-ring (bicyclic) bond motifs is 1. The zero-order chi connectivity index (χ0) is 13.4. The number of hydrogen-bond donors (Lipinski definition) is 1. The predicted octanol–water partition coefficient (Wildman–Crippen LogP) is 1.04. The zero-order valence-corrected chi connectivity index (χ0v) is 11.2. The number of oxime groups is 1. The number of aliphatic carboxylic acids is 1. The second-order valence-corrected chi connectivity index (χ2v) is 5.47. The van der Waals surface area contributed by atoms with Crippen LogP contribution in [0.5, 0.6) is 0 Å². The van der Waals surface area contributed by atoms with Gasteiger partial charge in [-0.2, -0.15) is 0 Å². The summed E-state index contributed by atoms with van der Waals surface area (Å²) >= 11 is 1.48. The van der Waals surface area contributed by atoms with E-state index < -0.39 is 5.97 Å². The Morgan fingerprint density at radius 1 is 1.61 bits per heavy atom. The lowest BCUT2D eigenvalue weighted by Gasteiger charge is -2.43. The molecule has 0 aromatic heterocycles. The van der Waals surface area contributed by atoms with Crippen molar-refractivity contribution >= 4 is 29.4 Å². The molecule has 2 rings (SSSR count). The van der Waals surface area contributed by atoms with Crippen LogP contribution in [0.15, 0.2) is 16.4 Å². The predicted molar refractivity (Wildman–Crippen MR) is 67.1 cm³/mol. The Bertz CT molecular complexity index is 470. The molecule has 6 nitrogen and oxygen atoms in total. The number of carboxylic acid groups (broad SMARTS) is 1. The molecular weight excluding hydrogens is 256 g/mol. The third kappa shape index (κ3) is 1.98. The summed E-state index contributed by atoms with van der Waals surface area (Å²) in [5.41, 5.74) is 1.06. The molecule has 98 valence electrons. The molecule has 0 aromatic rings. The average molecular weight is 270 g/mol. The molecule has 1 saturated heterocycles. The SMILES string of the molecule is CC1=C(C(=O)O)N2C(=O)/C(=N/OC(C)C)[C@H]2SC1. The number of nitrogens with zero attached hydrogens (tertiary/aromatic N) is 2. The van der Waals surface area contributed by atoms with Gasteiger partial charge >= 0.3 is 5.97 Å². The van der Waals surface area contributed by atoms with E-state index in [0.717, 1.165) is 0 Å².